The third-order valence-corrected chi connectivity index (χ3v) is 2.71. The molecule has 0 bridgehead atoms. The zero-order valence-corrected chi connectivity index (χ0v) is 9.77. The van der Waals surface area contributed by atoms with E-state index in [-0.39, 0.29) is 16.7 Å². The molecule has 0 amide bonds. The number of aryl methyl sites for hydroxylation is 1. The van der Waals surface area contributed by atoms with E-state index in [1.807, 2.05) is 13.0 Å². The minimum Gasteiger partial charge on any atom is -0.327 e. The van der Waals surface area contributed by atoms with E-state index in [0.717, 1.165) is 24.0 Å². The van der Waals surface area contributed by atoms with E-state index in [9.17, 15) is 10.1 Å². The minimum atomic E-state index is -0.332. The van der Waals surface area contributed by atoms with Gasteiger partial charge in [-0.3, -0.25) is 10.1 Å². The predicted molar refractivity (Wildman–Crippen MR) is 64.4 cm³/mol. The molecule has 0 heterocycles. The Bertz CT molecular complexity index is 377. The number of benzene rings is 1. The van der Waals surface area contributed by atoms with Gasteiger partial charge in [0, 0.05) is 17.7 Å². The van der Waals surface area contributed by atoms with Gasteiger partial charge in [-0.05, 0) is 25.3 Å². The lowest BCUT2D eigenvalue weighted by Crippen LogP contribution is -2.23. The van der Waals surface area contributed by atoms with Crippen LogP contribution in [0.4, 0.5) is 5.69 Å². The second-order valence-electron chi connectivity index (χ2n) is 4.08. The molecule has 0 aliphatic rings. The van der Waals surface area contributed by atoms with E-state index < -0.39 is 0 Å². The van der Waals surface area contributed by atoms with Gasteiger partial charge < -0.3 is 5.73 Å². The number of nitrogens with two attached hydrogens (primary N) is 1. The average molecular weight is 222 g/mol. The SMILES string of the molecule is CCCC(N)Cc1c(C)cccc1[N+](=O)[O-]. The van der Waals surface area contributed by atoms with E-state index in [2.05, 4.69) is 6.92 Å². The van der Waals surface area contributed by atoms with Gasteiger partial charge in [-0.1, -0.05) is 25.5 Å². The van der Waals surface area contributed by atoms with Gasteiger partial charge in [-0.15, -0.1) is 0 Å². The number of hydrogen-bond donors (Lipinski definition) is 1. The molecule has 0 aromatic heterocycles. The molecule has 0 spiro atoms. The van der Waals surface area contributed by atoms with Crippen molar-refractivity contribution in [3.05, 3.63) is 39.4 Å². The molecule has 0 saturated carbocycles. The fourth-order valence-electron chi connectivity index (χ4n) is 1.86. The van der Waals surface area contributed by atoms with Gasteiger partial charge in [-0.2, -0.15) is 0 Å². The van der Waals surface area contributed by atoms with Gasteiger partial charge >= 0.3 is 0 Å². The first-order valence-corrected chi connectivity index (χ1v) is 5.54. The largest absolute Gasteiger partial charge is 0.327 e. The van der Waals surface area contributed by atoms with Crippen molar-refractivity contribution in [1.29, 1.82) is 0 Å². The number of nitro groups is 1. The number of hydrogen-bond acceptors (Lipinski definition) is 3. The van der Waals surface area contributed by atoms with Crippen LogP contribution in [0.3, 0.4) is 0 Å². The molecular weight excluding hydrogens is 204 g/mol. The summed E-state index contributed by atoms with van der Waals surface area (Å²) in [7, 11) is 0. The summed E-state index contributed by atoms with van der Waals surface area (Å²) >= 11 is 0. The Morgan fingerprint density at radius 2 is 2.19 bits per heavy atom. The highest BCUT2D eigenvalue weighted by atomic mass is 16.6. The smallest absolute Gasteiger partial charge is 0.272 e. The first-order chi connectivity index (χ1) is 7.56. The molecule has 1 aromatic carbocycles. The molecule has 1 aromatic rings. The van der Waals surface area contributed by atoms with E-state index in [1.165, 1.54) is 0 Å². The van der Waals surface area contributed by atoms with Crippen molar-refractivity contribution in [3.8, 4) is 0 Å². The van der Waals surface area contributed by atoms with Crippen LogP contribution in [0.2, 0.25) is 0 Å². The minimum absolute atomic E-state index is 0.00444. The maximum Gasteiger partial charge on any atom is 0.272 e. The van der Waals surface area contributed by atoms with Crippen LogP contribution in [0.25, 0.3) is 0 Å². The third-order valence-electron chi connectivity index (χ3n) is 2.71. The summed E-state index contributed by atoms with van der Waals surface area (Å²) in [5.74, 6) is 0. The molecule has 2 N–H and O–H groups in total. The van der Waals surface area contributed by atoms with Crippen LogP contribution in [-0.2, 0) is 6.42 Å². The topological polar surface area (TPSA) is 69.2 Å². The summed E-state index contributed by atoms with van der Waals surface area (Å²) in [6.45, 7) is 3.95. The van der Waals surface area contributed by atoms with Crippen LogP contribution < -0.4 is 5.73 Å². The Kier molecular flexibility index (Phi) is 4.43. The lowest BCUT2D eigenvalue weighted by atomic mass is 9.97. The number of nitrogens with zero attached hydrogens (tertiary/aromatic N) is 1. The van der Waals surface area contributed by atoms with Crippen molar-refractivity contribution in [2.45, 2.75) is 39.2 Å². The number of rotatable bonds is 5. The first kappa shape index (κ1) is 12.6. The molecule has 0 aliphatic heterocycles. The Hall–Kier alpha value is -1.42. The van der Waals surface area contributed by atoms with Crippen LogP contribution in [0.5, 0.6) is 0 Å². The van der Waals surface area contributed by atoms with E-state index in [1.54, 1.807) is 12.1 Å². The zero-order valence-electron chi connectivity index (χ0n) is 9.77. The van der Waals surface area contributed by atoms with Gasteiger partial charge in [0.25, 0.3) is 5.69 Å². The Balaban J connectivity index is 2.97. The fourth-order valence-corrected chi connectivity index (χ4v) is 1.86. The summed E-state index contributed by atoms with van der Waals surface area (Å²) in [6.07, 6.45) is 2.48. The summed E-state index contributed by atoms with van der Waals surface area (Å²) < 4.78 is 0. The standard InChI is InChI=1S/C12H18N2O2/c1-3-5-10(13)8-11-9(2)6-4-7-12(11)14(15)16/h4,6-7,10H,3,5,8,13H2,1-2H3. The molecular formula is C12H18N2O2. The molecule has 0 saturated heterocycles. The lowest BCUT2D eigenvalue weighted by Gasteiger charge is -2.12. The molecule has 0 radical (unpaired) electrons. The van der Waals surface area contributed by atoms with Crippen LogP contribution >= 0.6 is 0 Å². The van der Waals surface area contributed by atoms with E-state index in [4.69, 9.17) is 5.73 Å². The van der Waals surface area contributed by atoms with Gasteiger partial charge in [0.15, 0.2) is 0 Å². The van der Waals surface area contributed by atoms with Gasteiger partial charge in [0.2, 0.25) is 0 Å². The number of nitro benzene ring substituents is 1. The normalized spacial score (nSPS) is 12.4. The van der Waals surface area contributed by atoms with Crippen molar-refractivity contribution in [2.75, 3.05) is 0 Å². The maximum absolute atomic E-state index is 10.9. The Morgan fingerprint density at radius 3 is 2.75 bits per heavy atom. The monoisotopic (exact) mass is 222 g/mol. The molecule has 1 unspecified atom stereocenters. The average Bonchev–Trinajstić information content (AvgIpc) is 2.21. The second-order valence-corrected chi connectivity index (χ2v) is 4.08. The Labute approximate surface area is 95.6 Å². The van der Waals surface area contributed by atoms with Crippen molar-refractivity contribution < 1.29 is 4.92 Å². The molecule has 16 heavy (non-hydrogen) atoms. The molecule has 1 atom stereocenters. The van der Waals surface area contributed by atoms with Crippen LogP contribution in [0, 0.1) is 17.0 Å². The van der Waals surface area contributed by atoms with Gasteiger partial charge in [-0.25, -0.2) is 0 Å². The van der Waals surface area contributed by atoms with Gasteiger partial charge in [0.05, 0.1) is 4.92 Å². The highest BCUT2D eigenvalue weighted by Gasteiger charge is 2.17. The molecule has 0 fully saturated rings. The molecule has 4 nitrogen and oxygen atoms in total. The van der Waals surface area contributed by atoms with Crippen molar-refractivity contribution in [1.82, 2.24) is 0 Å². The van der Waals surface area contributed by atoms with E-state index >= 15 is 0 Å². The highest BCUT2D eigenvalue weighted by molar-refractivity contribution is 5.45. The molecule has 88 valence electrons. The molecule has 1 rings (SSSR count). The summed E-state index contributed by atoms with van der Waals surface area (Å²) in [5, 5.41) is 10.9. The van der Waals surface area contributed by atoms with Gasteiger partial charge in [0.1, 0.15) is 0 Å². The first-order valence-electron chi connectivity index (χ1n) is 5.54. The van der Waals surface area contributed by atoms with Crippen LogP contribution in [0.15, 0.2) is 18.2 Å². The highest BCUT2D eigenvalue weighted by Crippen LogP contribution is 2.23. The van der Waals surface area contributed by atoms with Crippen molar-refractivity contribution in [2.24, 2.45) is 5.73 Å². The molecule has 0 aliphatic carbocycles. The maximum atomic E-state index is 10.9. The molecule has 4 heteroatoms. The second kappa shape index (κ2) is 5.61. The van der Waals surface area contributed by atoms with E-state index in [0.29, 0.717) is 6.42 Å². The van der Waals surface area contributed by atoms with Crippen LogP contribution in [-0.4, -0.2) is 11.0 Å². The predicted octanol–water partition coefficient (Wildman–Crippen LogP) is 2.57. The zero-order chi connectivity index (χ0) is 12.1. The Morgan fingerprint density at radius 1 is 1.50 bits per heavy atom. The summed E-state index contributed by atoms with van der Waals surface area (Å²) in [6, 6.07) is 5.15. The van der Waals surface area contributed by atoms with Crippen molar-refractivity contribution >= 4 is 5.69 Å². The lowest BCUT2D eigenvalue weighted by molar-refractivity contribution is -0.385. The van der Waals surface area contributed by atoms with Crippen molar-refractivity contribution in [3.63, 3.8) is 0 Å². The third kappa shape index (κ3) is 3.03. The summed E-state index contributed by atoms with van der Waals surface area (Å²) in [4.78, 5) is 10.5. The quantitative estimate of drug-likeness (QED) is 0.615. The van der Waals surface area contributed by atoms with Crippen LogP contribution in [0.1, 0.15) is 30.9 Å². The fraction of sp³-hybridized carbons (Fsp3) is 0.500. The summed E-state index contributed by atoms with van der Waals surface area (Å²) in [5.41, 5.74) is 7.84.